The summed E-state index contributed by atoms with van der Waals surface area (Å²) in [5, 5.41) is 2.33. The van der Waals surface area contributed by atoms with Gasteiger partial charge in [0.15, 0.2) is 5.03 Å². The van der Waals surface area contributed by atoms with Crippen molar-refractivity contribution in [2.45, 2.75) is 25.0 Å². The number of aromatic nitrogens is 2. The molecule has 1 amide bonds. The largest absolute Gasteiger partial charge is 0.418 e. The maximum Gasteiger partial charge on any atom is 0.418 e. The Balaban J connectivity index is 1.75. The van der Waals surface area contributed by atoms with Gasteiger partial charge >= 0.3 is 6.18 Å². The van der Waals surface area contributed by atoms with Gasteiger partial charge in [-0.15, -0.1) is 0 Å². The van der Waals surface area contributed by atoms with Crippen molar-refractivity contribution in [3.63, 3.8) is 0 Å². The van der Waals surface area contributed by atoms with E-state index in [4.69, 9.17) is 0 Å². The number of nitrogens with zero attached hydrogens (tertiary/aromatic N) is 2. The van der Waals surface area contributed by atoms with E-state index < -0.39 is 23.2 Å². The number of anilines is 1. The van der Waals surface area contributed by atoms with Crippen molar-refractivity contribution in [2.24, 2.45) is 0 Å². The van der Waals surface area contributed by atoms with E-state index in [0.29, 0.717) is 5.69 Å². The lowest BCUT2D eigenvalue weighted by molar-refractivity contribution is -0.137. The van der Waals surface area contributed by atoms with E-state index in [9.17, 15) is 22.8 Å². The molecular weight excluding hydrogens is 415 g/mol. The first-order chi connectivity index (χ1) is 14.2. The summed E-state index contributed by atoms with van der Waals surface area (Å²) < 4.78 is 40.6. The van der Waals surface area contributed by atoms with Gasteiger partial charge in [0.2, 0.25) is 5.91 Å². The van der Waals surface area contributed by atoms with Crippen LogP contribution >= 0.6 is 11.8 Å². The molecule has 0 saturated heterocycles. The quantitative estimate of drug-likeness (QED) is 0.598. The van der Waals surface area contributed by atoms with E-state index >= 15 is 0 Å². The Hall–Kier alpha value is -3.07. The van der Waals surface area contributed by atoms with Crippen molar-refractivity contribution in [1.29, 1.82) is 0 Å². The molecule has 5 nitrogen and oxygen atoms in total. The summed E-state index contributed by atoms with van der Waals surface area (Å²) >= 11 is 0.866. The van der Waals surface area contributed by atoms with Gasteiger partial charge in [0.1, 0.15) is 0 Å². The molecule has 3 rings (SSSR count). The number of para-hydroxylation sites is 1. The van der Waals surface area contributed by atoms with Crippen LogP contribution in [-0.2, 0) is 11.0 Å². The smallest absolute Gasteiger partial charge is 0.325 e. The molecule has 0 spiro atoms. The number of nitrogens with one attached hydrogen (secondary N) is 1. The second kappa shape index (κ2) is 8.74. The number of thioether (sulfide) groups is 1. The first-order valence-corrected chi connectivity index (χ1v) is 9.89. The van der Waals surface area contributed by atoms with Crippen molar-refractivity contribution < 1.29 is 18.0 Å². The van der Waals surface area contributed by atoms with Gasteiger partial charge in [0, 0.05) is 18.1 Å². The Labute approximate surface area is 175 Å². The lowest BCUT2D eigenvalue weighted by atomic mass is 10.1. The number of rotatable bonds is 5. The number of halogens is 3. The van der Waals surface area contributed by atoms with Gasteiger partial charge in [-0.2, -0.15) is 13.2 Å². The Morgan fingerprint density at radius 3 is 2.57 bits per heavy atom. The Morgan fingerprint density at radius 2 is 1.87 bits per heavy atom. The molecule has 0 unspecified atom stereocenters. The van der Waals surface area contributed by atoms with Crippen LogP contribution in [0.5, 0.6) is 0 Å². The van der Waals surface area contributed by atoms with Crippen LogP contribution in [0.25, 0.3) is 5.69 Å². The van der Waals surface area contributed by atoms with Crippen LogP contribution in [0.15, 0.2) is 64.7 Å². The first-order valence-electron chi connectivity index (χ1n) is 8.91. The third-order valence-corrected chi connectivity index (χ3v) is 5.38. The molecule has 0 atom stereocenters. The molecule has 0 bridgehead atoms. The highest BCUT2D eigenvalue weighted by molar-refractivity contribution is 7.99. The van der Waals surface area contributed by atoms with Crippen LogP contribution in [0.3, 0.4) is 0 Å². The highest BCUT2D eigenvalue weighted by atomic mass is 32.2. The van der Waals surface area contributed by atoms with Crippen molar-refractivity contribution in [3.8, 4) is 5.69 Å². The first kappa shape index (κ1) is 21.6. The Morgan fingerprint density at radius 1 is 1.13 bits per heavy atom. The molecule has 0 saturated carbocycles. The van der Waals surface area contributed by atoms with Crippen molar-refractivity contribution in [1.82, 2.24) is 9.55 Å². The van der Waals surface area contributed by atoms with E-state index in [1.165, 1.54) is 35.2 Å². The van der Waals surface area contributed by atoms with Gasteiger partial charge in [-0.25, -0.2) is 4.98 Å². The monoisotopic (exact) mass is 433 g/mol. The van der Waals surface area contributed by atoms with Crippen molar-refractivity contribution >= 4 is 23.4 Å². The minimum atomic E-state index is -4.59. The lowest BCUT2D eigenvalue weighted by Gasteiger charge is -2.13. The zero-order valence-corrected chi connectivity index (χ0v) is 17.0. The van der Waals surface area contributed by atoms with Crippen LogP contribution in [0.2, 0.25) is 0 Å². The third-order valence-electron chi connectivity index (χ3n) is 4.42. The zero-order valence-electron chi connectivity index (χ0n) is 16.2. The van der Waals surface area contributed by atoms with Gasteiger partial charge in [0.05, 0.1) is 17.0 Å². The number of carbonyl (C=O) groups is 1. The molecule has 1 heterocycles. The van der Waals surface area contributed by atoms with Crippen LogP contribution in [-0.4, -0.2) is 21.2 Å². The number of hydrogen-bond acceptors (Lipinski definition) is 4. The van der Waals surface area contributed by atoms with Gasteiger partial charge < -0.3 is 5.32 Å². The number of aryl methyl sites for hydroxylation is 2. The van der Waals surface area contributed by atoms with E-state index in [1.54, 1.807) is 6.07 Å². The van der Waals surface area contributed by atoms with E-state index in [0.717, 1.165) is 29.0 Å². The third kappa shape index (κ3) is 4.91. The topological polar surface area (TPSA) is 64.0 Å². The average molecular weight is 433 g/mol. The van der Waals surface area contributed by atoms with Crippen LogP contribution in [0.4, 0.5) is 18.9 Å². The van der Waals surface area contributed by atoms with Gasteiger partial charge in [-0.05, 0) is 49.2 Å². The lowest BCUT2D eigenvalue weighted by Crippen LogP contribution is -2.22. The second-order valence-corrected chi connectivity index (χ2v) is 7.52. The van der Waals surface area contributed by atoms with Crippen molar-refractivity contribution in [2.75, 3.05) is 11.1 Å². The highest BCUT2D eigenvalue weighted by Crippen LogP contribution is 2.34. The number of benzene rings is 2. The number of carbonyl (C=O) groups excluding carboxylic acids is 1. The summed E-state index contributed by atoms with van der Waals surface area (Å²) in [5.74, 6) is -0.926. The zero-order chi connectivity index (χ0) is 21.9. The molecule has 0 radical (unpaired) electrons. The summed E-state index contributed by atoms with van der Waals surface area (Å²) in [6, 6.07) is 10.3. The highest BCUT2D eigenvalue weighted by Gasteiger charge is 2.33. The normalized spacial score (nSPS) is 11.4. The minimum absolute atomic E-state index is 0.0787. The Bertz CT molecular complexity index is 1140. The fourth-order valence-electron chi connectivity index (χ4n) is 2.73. The molecule has 2 aromatic carbocycles. The molecule has 0 aliphatic heterocycles. The summed E-state index contributed by atoms with van der Waals surface area (Å²) in [7, 11) is 0. The van der Waals surface area contributed by atoms with Gasteiger partial charge in [-0.3, -0.25) is 14.2 Å². The Kier molecular flexibility index (Phi) is 6.31. The van der Waals surface area contributed by atoms with Gasteiger partial charge in [-0.1, -0.05) is 30.0 Å². The number of hydrogen-bond donors (Lipinski definition) is 1. The minimum Gasteiger partial charge on any atom is -0.325 e. The second-order valence-electron chi connectivity index (χ2n) is 6.56. The van der Waals surface area contributed by atoms with Crippen molar-refractivity contribution in [3.05, 3.63) is 81.9 Å². The maximum absolute atomic E-state index is 13.1. The fraction of sp³-hybridized carbons (Fsp3) is 0.190. The van der Waals surface area contributed by atoms with Crippen LogP contribution in [0.1, 0.15) is 16.7 Å². The van der Waals surface area contributed by atoms with E-state index in [1.807, 2.05) is 26.0 Å². The molecular formula is C21H18F3N3O2S. The molecule has 1 N–H and O–H groups in total. The molecule has 156 valence electrons. The number of amides is 1. The molecule has 0 aliphatic rings. The molecule has 0 aliphatic carbocycles. The van der Waals surface area contributed by atoms with Gasteiger partial charge in [0.25, 0.3) is 5.56 Å². The molecule has 1 aromatic heterocycles. The maximum atomic E-state index is 13.1. The molecule has 3 aromatic rings. The summed E-state index contributed by atoms with van der Waals surface area (Å²) in [6.07, 6.45) is -1.62. The summed E-state index contributed by atoms with van der Waals surface area (Å²) in [6.45, 7) is 3.90. The predicted molar refractivity (Wildman–Crippen MR) is 110 cm³/mol. The SMILES string of the molecule is Cc1ccc(-n2ccnc(SCC(=O)Nc3ccccc3C(F)(F)F)c2=O)cc1C. The fourth-order valence-corrected chi connectivity index (χ4v) is 3.43. The summed E-state index contributed by atoms with van der Waals surface area (Å²) in [4.78, 5) is 28.9. The molecule has 9 heteroatoms. The standard InChI is InChI=1S/C21H18F3N3O2S/c1-13-7-8-15(11-14(13)2)27-10-9-25-19(20(27)29)30-12-18(28)26-17-6-4-3-5-16(17)21(22,23)24/h3-11H,12H2,1-2H3,(H,26,28). The predicted octanol–water partition coefficient (Wildman–Crippen LogP) is 4.60. The molecule has 0 fully saturated rings. The molecule has 30 heavy (non-hydrogen) atoms. The van der Waals surface area contributed by atoms with Crippen LogP contribution in [0, 0.1) is 13.8 Å². The van der Waals surface area contributed by atoms with E-state index in [2.05, 4.69) is 10.3 Å². The van der Waals surface area contributed by atoms with Crippen LogP contribution < -0.4 is 10.9 Å². The van der Waals surface area contributed by atoms with E-state index in [-0.39, 0.29) is 16.5 Å². The number of alkyl halides is 3. The summed E-state index contributed by atoms with van der Waals surface area (Å²) in [5.41, 5.74) is 1.10. The average Bonchev–Trinajstić information content (AvgIpc) is 2.69.